The van der Waals surface area contributed by atoms with E-state index in [0.717, 1.165) is 17.5 Å². The molecule has 0 aliphatic heterocycles. The number of aryl methyl sites for hydroxylation is 1. The fraction of sp³-hybridized carbons (Fsp3) is 0.533. The van der Waals surface area contributed by atoms with Gasteiger partial charge in [-0.15, -0.1) is 0 Å². The molecule has 1 aliphatic rings. The molecule has 0 saturated heterocycles. The van der Waals surface area contributed by atoms with Crippen molar-refractivity contribution in [3.8, 4) is 5.75 Å². The average molecular weight is 296 g/mol. The number of ketones is 1. The van der Waals surface area contributed by atoms with E-state index in [2.05, 4.69) is 0 Å². The third kappa shape index (κ3) is 3.03. The summed E-state index contributed by atoms with van der Waals surface area (Å²) in [6, 6.07) is 5.33. The van der Waals surface area contributed by atoms with Crippen LogP contribution in [0.4, 0.5) is 0 Å². The Balaban J connectivity index is 1.98. The smallest absolute Gasteiger partial charge is 0.163 e. The van der Waals surface area contributed by atoms with Crippen LogP contribution >= 0.6 is 0 Å². The Bertz CT molecular complexity index is 624. The van der Waals surface area contributed by atoms with Crippen molar-refractivity contribution in [1.29, 1.82) is 0 Å². The van der Waals surface area contributed by atoms with Crippen LogP contribution in [0.2, 0.25) is 0 Å². The highest BCUT2D eigenvalue weighted by atomic mass is 32.2. The van der Waals surface area contributed by atoms with E-state index in [4.69, 9.17) is 4.74 Å². The number of benzene rings is 1. The van der Waals surface area contributed by atoms with Crippen LogP contribution in [-0.4, -0.2) is 31.3 Å². The molecule has 4 nitrogen and oxygen atoms in total. The van der Waals surface area contributed by atoms with Gasteiger partial charge in [0, 0.05) is 12.0 Å². The molecule has 1 aromatic rings. The van der Waals surface area contributed by atoms with E-state index in [-0.39, 0.29) is 18.1 Å². The first-order valence-corrected chi connectivity index (χ1v) is 8.37. The zero-order valence-corrected chi connectivity index (χ0v) is 12.9. The predicted molar refractivity (Wildman–Crippen MR) is 78.1 cm³/mol. The van der Waals surface area contributed by atoms with Crippen molar-refractivity contribution in [2.24, 2.45) is 0 Å². The molecule has 0 atom stereocenters. The molecule has 0 unspecified atom stereocenters. The number of Topliss-reactive ketones (excluding diaryl/α,β-unsaturated/α-hetero) is 1. The summed E-state index contributed by atoms with van der Waals surface area (Å²) in [5, 5.41) is 0. The van der Waals surface area contributed by atoms with Gasteiger partial charge >= 0.3 is 0 Å². The van der Waals surface area contributed by atoms with Gasteiger partial charge in [-0.2, -0.15) is 0 Å². The van der Waals surface area contributed by atoms with Crippen LogP contribution in [0.5, 0.6) is 5.75 Å². The molecule has 110 valence electrons. The highest BCUT2D eigenvalue weighted by Crippen LogP contribution is 2.26. The average Bonchev–Trinajstić information content (AvgIpc) is 2.69. The molecule has 0 fully saturated rings. The molecule has 0 aromatic heterocycles. The monoisotopic (exact) mass is 296 g/mol. The number of rotatable bonds is 4. The second-order valence-corrected chi connectivity index (χ2v) is 8.88. The summed E-state index contributed by atoms with van der Waals surface area (Å²) in [6.07, 6.45) is 1.29. The maximum atomic E-state index is 11.9. The summed E-state index contributed by atoms with van der Waals surface area (Å²) in [7, 11) is -3.17. The molecule has 0 radical (unpaired) electrons. The molecule has 0 amide bonds. The van der Waals surface area contributed by atoms with Gasteiger partial charge in [-0.3, -0.25) is 4.79 Å². The first-order chi connectivity index (χ1) is 9.21. The van der Waals surface area contributed by atoms with Gasteiger partial charge in [0.15, 0.2) is 15.6 Å². The van der Waals surface area contributed by atoms with Crippen molar-refractivity contribution in [1.82, 2.24) is 0 Å². The minimum atomic E-state index is -3.17. The Morgan fingerprint density at radius 2 is 1.90 bits per heavy atom. The molecule has 0 saturated carbocycles. The lowest BCUT2D eigenvalue weighted by atomic mass is 10.1. The van der Waals surface area contributed by atoms with Crippen molar-refractivity contribution in [2.75, 3.05) is 12.4 Å². The summed E-state index contributed by atoms with van der Waals surface area (Å²) >= 11 is 0. The minimum Gasteiger partial charge on any atom is -0.493 e. The molecule has 0 heterocycles. The minimum absolute atomic E-state index is 0.00743. The first-order valence-electron chi connectivity index (χ1n) is 6.72. The SMILES string of the molecule is CC(C)(C)S(=O)(=O)CCOc1ccc2c(c1)CCC2=O. The number of ether oxygens (including phenoxy) is 1. The summed E-state index contributed by atoms with van der Waals surface area (Å²) < 4.78 is 28.6. The molecule has 5 heteroatoms. The van der Waals surface area contributed by atoms with E-state index >= 15 is 0 Å². The van der Waals surface area contributed by atoms with Gasteiger partial charge in [0.25, 0.3) is 0 Å². The maximum Gasteiger partial charge on any atom is 0.163 e. The fourth-order valence-electron chi connectivity index (χ4n) is 2.10. The zero-order chi connectivity index (χ0) is 15.0. The second-order valence-electron chi connectivity index (χ2n) is 6.02. The molecular formula is C15H20O4S. The van der Waals surface area contributed by atoms with Gasteiger partial charge in [-0.25, -0.2) is 8.42 Å². The highest BCUT2D eigenvalue weighted by Gasteiger charge is 2.28. The third-order valence-corrected chi connectivity index (χ3v) is 6.12. The molecule has 1 aliphatic carbocycles. The van der Waals surface area contributed by atoms with Gasteiger partial charge in [-0.05, 0) is 51.0 Å². The van der Waals surface area contributed by atoms with E-state index < -0.39 is 14.6 Å². The third-order valence-electron chi connectivity index (χ3n) is 3.55. The van der Waals surface area contributed by atoms with Gasteiger partial charge in [0.1, 0.15) is 12.4 Å². The number of hydrogen-bond acceptors (Lipinski definition) is 4. The topological polar surface area (TPSA) is 60.4 Å². The first kappa shape index (κ1) is 15.0. The van der Waals surface area contributed by atoms with Crippen molar-refractivity contribution >= 4 is 15.6 Å². The predicted octanol–water partition coefficient (Wildman–Crippen LogP) is 2.41. The molecule has 2 rings (SSSR count). The Labute approximate surface area is 120 Å². The number of carbonyl (C=O) groups is 1. The van der Waals surface area contributed by atoms with Gasteiger partial charge in [0.05, 0.1) is 10.5 Å². The van der Waals surface area contributed by atoms with Gasteiger partial charge in [0.2, 0.25) is 0 Å². The van der Waals surface area contributed by atoms with E-state index in [1.54, 1.807) is 32.9 Å². The van der Waals surface area contributed by atoms with E-state index in [1.165, 1.54) is 0 Å². The Hall–Kier alpha value is -1.36. The van der Waals surface area contributed by atoms with Gasteiger partial charge < -0.3 is 4.74 Å². The molecule has 0 bridgehead atoms. The number of carbonyl (C=O) groups excluding carboxylic acids is 1. The molecule has 0 spiro atoms. The zero-order valence-electron chi connectivity index (χ0n) is 12.1. The van der Waals surface area contributed by atoms with Crippen LogP contribution in [0.3, 0.4) is 0 Å². The van der Waals surface area contributed by atoms with Crippen molar-refractivity contribution in [3.05, 3.63) is 29.3 Å². The quantitative estimate of drug-likeness (QED) is 0.856. The Kier molecular flexibility index (Phi) is 3.91. The van der Waals surface area contributed by atoms with Crippen LogP contribution in [0.25, 0.3) is 0 Å². The lowest BCUT2D eigenvalue weighted by molar-refractivity contribution is 0.0994. The molecule has 0 N–H and O–H groups in total. The highest BCUT2D eigenvalue weighted by molar-refractivity contribution is 7.92. The molecular weight excluding hydrogens is 276 g/mol. The van der Waals surface area contributed by atoms with Crippen molar-refractivity contribution in [3.63, 3.8) is 0 Å². The van der Waals surface area contributed by atoms with Crippen LogP contribution < -0.4 is 4.74 Å². The summed E-state index contributed by atoms with van der Waals surface area (Å²) in [5.74, 6) is 0.788. The van der Waals surface area contributed by atoms with Crippen molar-refractivity contribution < 1.29 is 17.9 Å². The Morgan fingerprint density at radius 3 is 2.55 bits per heavy atom. The summed E-state index contributed by atoms with van der Waals surface area (Å²) in [5.41, 5.74) is 1.76. The summed E-state index contributed by atoms with van der Waals surface area (Å²) in [6.45, 7) is 5.18. The largest absolute Gasteiger partial charge is 0.493 e. The van der Waals surface area contributed by atoms with Crippen LogP contribution in [0.1, 0.15) is 43.1 Å². The normalized spacial score (nSPS) is 15.2. The number of fused-ring (bicyclic) bond motifs is 1. The van der Waals surface area contributed by atoms with Crippen LogP contribution in [0, 0.1) is 0 Å². The lowest BCUT2D eigenvalue weighted by Gasteiger charge is -2.19. The summed E-state index contributed by atoms with van der Waals surface area (Å²) in [4.78, 5) is 11.5. The fourth-order valence-corrected chi connectivity index (χ4v) is 3.01. The lowest BCUT2D eigenvalue weighted by Crippen LogP contribution is -2.32. The second kappa shape index (κ2) is 5.20. The van der Waals surface area contributed by atoms with E-state index in [0.29, 0.717) is 12.2 Å². The van der Waals surface area contributed by atoms with Crippen molar-refractivity contribution in [2.45, 2.75) is 38.4 Å². The van der Waals surface area contributed by atoms with E-state index in [1.807, 2.05) is 6.07 Å². The Morgan fingerprint density at radius 1 is 1.20 bits per heavy atom. The molecule has 1 aromatic carbocycles. The van der Waals surface area contributed by atoms with Crippen LogP contribution in [-0.2, 0) is 16.3 Å². The number of hydrogen-bond donors (Lipinski definition) is 0. The molecule has 20 heavy (non-hydrogen) atoms. The number of sulfone groups is 1. The van der Waals surface area contributed by atoms with E-state index in [9.17, 15) is 13.2 Å². The van der Waals surface area contributed by atoms with Crippen LogP contribution in [0.15, 0.2) is 18.2 Å². The maximum absolute atomic E-state index is 11.9. The standard InChI is InChI=1S/C15H20O4S/c1-15(2,3)20(17,18)9-8-19-12-5-6-13-11(10-12)4-7-14(13)16/h5-6,10H,4,7-9H2,1-3H3. The van der Waals surface area contributed by atoms with Gasteiger partial charge in [-0.1, -0.05) is 0 Å².